The van der Waals surface area contributed by atoms with Crippen LogP contribution in [-0.4, -0.2) is 73.9 Å². The SMILES string of the molecule is CN(C)S(=O)(=O)N1CCN(C[C@@H](O)c2ccc(Cl)cc2)CC1. The molecule has 0 bridgehead atoms. The summed E-state index contributed by atoms with van der Waals surface area (Å²) < 4.78 is 26.8. The van der Waals surface area contributed by atoms with E-state index in [4.69, 9.17) is 11.6 Å². The molecule has 0 radical (unpaired) electrons. The summed E-state index contributed by atoms with van der Waals surface area (Å²) in [4.78, 5) is 2.07. The van der Waals surface area contributed by atoms with Gasteiger partial charge in [0.25, 0.3) is 10.2 Å². The second-order valence-corrected chi connectivity index (χ2v) is 8.14. The Balaban J connectivity index is 1.88. The Morgan fingerprint density at radius 2 is 1.73 bits per heavy atom. The minimum Gasteiger partial charge on any atom is -0.387 e. The fourth-order valence-corrected chi connectivity index (χ4v) is 3.62. The van der Waals surface area contributed by atoms with Gasteiger partial charge in [0.1, 0.15) is 0 Å². The minimum absolute atomic E-state index is 0.438. The molecule has 0 amide bonds. The molecule has 22 heavy (non-hydrogen) atoms. The molecule has 1 saturated heterocycles. The Labute approximate surface area is 137 Å². The van der Waals surface area contributed by atoms with Crippen LogP contribution < -0.4 is 0 Å². The van der Waals surface area contributed by atoms with E-state index in [-0.39, 0.29) is 0 Å². The van der Waals surface area contributed by atoms with Crippen LogP contribution in [0.3, 0.4) is 0 Å². The molecule has 8 heteroatoms. The summed E-state index contributed by atoms with van der Waals surface area (Å²) in [5.41, 5.74) is 0.813. The number of nitrogens with zero attached hydrogens (tertiary/aromatic N) is 3. The topological polar surface area (TPSA) is 64.1 Å². The number of halogens is 1. The van der Waals surface area contributed by atoms with Crippen LogP contribution in [0.1, 0.15) is 11.7 Å². The summed E-state index contributed by atoms with van der Waals surface area (Å²) in [6.45, 7) is 2.58. The van der Waals surface area contributed by atoms with E-state index in [1.807, 2.05) is 0 Å². The van der Waals surface area contributed by atoms with E-state index in [0.29, 0.717) is 37.7 Å². The van der Waals surface area contributed by atoms with Crippen molar-refractivity contribution in [2.75, 3.05) is 46.8 Å². The van der Waals surface area contributed by atoms with Crippen LogP contribution in [0, 0.1) is 0 Å². The lowest BCUT2D eigenvalue weighted by atomic mass is 10.1. The molecule has 2 rings (SSSR count). The average molecular weight is 348 g/mol. The third-order valence-electron chi connectivity index (χ3n) is 3.80. The van der Waals surface area contributed by atoms with Crippen molar-refractivity contribution in [3.8, 4) is 0 Å². The van der Waals surface area contributed by atoms with Crippen LogP contribution in [0.4, 0.5) is 0 Å². The minimum atomic E-state index is -3.35. The van der Waals surface area contributed by atoms with E-state index >= 15 is 0 Å². The van der Waals surface area contributed by atoms with E-state index in [1.54, 1.807) is 24.3 Å². The Kier molecular flexibility index (Phi) is 5.81. The number of hydrogen-bond acceptors (Lipinski definition) is 4. The van der Waals surface area contributed by atoms with Gasteiger partial charge in [-0.15, -0.1) is 0 Å². The van der Waals surface area contributed by atoms with Crippen LogP contribution in [-0.2, 0) is 10.2 Å². The first-order chi connectivity index (χ1) is 10.3. The average Bonchev–Trinajstić information content (AvgIpc) is 2.48. The quantitative estimate of drug-likeness (QED) is 0.855. The van der Waals surface area contributed by atoms with E-state index < -0.39 is 16.3 Å². The number of benzene rings is 1. The summed E-state index contributed by atoms with van der Waals surface area (Å²) in [5.74, 6) is 0. The number of hydrogen-bond donors (Lipinski definition) is 1. The number of aliphatic hydroxyl groups excluding tert-OH is 1. The van der Waals surface area contributed by atoms with Crippen molar-refractivity contribution < 1.29 is 13.5 Å². The normalized spacial score (nSPS) is 19.5. The molecule has 1 aromatic carbocycles. The highest BCUT2D eigenvalue weighted by molar-refractivity contribution is 7.86. The number of aliphatic hydroxyl groups is 1. The Hall–Kier alpha value is -0.700. The fraction of sp³-hybridized carbons (Fsp3) is 0.571. The second kappa shape index (κ2) is 7.25. The first kappa shape index (κ1) is 17.7. The molecule has 124 valence electrons. The molecule has 6 nitrogen and oxygen atoms in total. The Morgan fingerprint density at radius 1 is 1.18 bits per heavy atom. The Bertz CT molecular complexity index is 584. The summed E-state index contributed by atoms with van der Waals surface area (Å²) in [6, 6.07) is 7.11. The maximum absolute atomic E-state index is 12.0. The van der Waals surface area contributed by atoms with Gasteiger partial charge in [-0.1, -0.05) is 23.7 Å². The van der Waals surface area contributed by atoms with E-state index in [1.165, 1.54) is 22.7 Å². The van der Waals surface area contributed by atoms with Crippen molar-refractivity contribution in [3.05, 3.63) is 34.9 Å². The molecule has 0 spiro atoms. The van der Waals surface area contributed by atoms with Crippen molar-refractivity contribution in [3.63, 3.8) is 0 Å². The van der Waals surface area contributed by atoms with Gasteiger partial charge < -0.3 is 5.11 Å². The first-order valence-electron chi connectivity index (χ1n) is 7.14. The highest BCUT2D eigenvalue weighted by Crippen LogP contribution is 2.18. The predicted octanol–water partition coefficient (Wildman–Crippen LogP) is 0.797. The molecule has 1 aliphatic heterocycles. The second-order valence-electron chi connectivity index (χ2n) is 5.56. The smallest absolute Gasteiger partial charge is 0.281 e. The lowest BCUT2D eigenvalue weighted by Gasteiger charge is -2.35. The fourth-order valence-electron chi connectivity index (χ4n) is 2.41. The molecular weight excluding hydrogens is 326 g/mol. The Morgan fingerprint density at radius 3 is 2.23 bits per heavy atom. The van der Waals surface area contributed by atoms with Gasteiger partial charge in [0.15, 0.2) is 0 Å². The molecule has 0 aromatic heterocycles. The molecular formula is C14H22ClN3O3S. The molecule has 0 aliphatic carbocycles. The van der Waals surface area contributed by atoms with E-state index in [2.05, 4.69) is 4.90 Å². The van der Waals surface area contributed by atoms with Crippen molar-refractivity contribution in [2.24, 2.45) is 0 Å². The van der Waals surface area contributed by atoms with Gasteiger partial charge in [0.2, 0.25) is 0 Å². The van der Waals surface area contributed by atoms with Gasteiger partial charge in [-0.25, -0.2) is 0 Å². The zero-order valence-corrected chi connectivity index (χ0v) is 14.4. The predicted molar refractivity (Wildman–Crippen MR) is 87.0 cm³/mol. The van der Waals surface area contributed by atoms with Crippen molar-refractivity contribution in [2.45, 2.75) is 6.10 Å². The van der Waals surface area contributed by atoms with Crippen molar-refractivity contribution >= 4 is 21.8 Å². The van der Waals surface area contributed by atoms with Gasteiger partial charge in [-0.3, -0.25) is 4.90 Å². The summed E-state index contributed by atoms with van der Waals surface area (Å²) in [6.07, 6.45) is -0.603. The standard InChI is InChI=1S/C14H22ClN3O3S/c1-16(2)22(20,21)18-9-7-17(8-10-18)11-14(19)12-3-5-13(15)6-4-12/h3-6,14,19H,7-11H2,1-2H3/t14-/m1/s1. The van der Waals surface area contributed by atoms with Gasteiger partial charge >= 0.3 is 0 Å². The lowest BCUT2D eigenvalue weighted by molar-refractivity contribution is 0.0911. The monoisotopic (exact) mass is 347 g/mol. The van der Waals surface area contributed by atoms with Crippen LogP contribution in [0.15, 0.2) is 24.3 Å². The van der Waals surface area contributed by atoms with Gasteiger partial charge in [-0.2, -0.15) is 17.0 Å². The number of β-amino-alcohol motifs (C(OH)–C–C–N with tert-alkyl or cyclic N) is 1. The van der Waals surface area contributed by atoms with Crippen LogP contribution in [0.25, 0.3) is 0 Å². The molecule has 1 atom stereocenters. The molecule has 0 saturated carbocycles. The maximum atomic E-state index is 12.0. The van der Waals surface area contributed by atoms with E-state index in [9.17, 15) is 13.5 Å². The third-order valence-corrected chi connectivity index (χ3v) is 6.00. The summed E-state index contributed by atoms with van der Waals surface area (Å²) in [5, 5.41) is 10.9. The molecule has 0 unspecified atom stereocenters. The van der Waals surface area contributed by atoms with Gasteiger partial charge in [0.05, 0.1) is 6.10 Å². The van der Waals surface area contributed by atoms with Crippen LogP contribution in [0.2, 0.25) is 5.02 Å². The summed E-state index contributed by atoms with van der Waals surface area (Å²) >= 11 is 5.83. The highest BCUT2D eigenvalue weighted by atomic mass is 35.5. The molecule has 1 heterocycles. The lowest BCUT2D eigenvalue weighted by Crippen LogP contribution is -2.52. The third kappa shape index (κ3) is 4.18. The molecule has 1 fully saturated rings. The van der Waals surface area contributed by atoms with Crippen molar-refractivity contribution in [1.29, 1.82) is 0 Å². The maximum Gasteiger partial charge on any atom is 0.281 e. The van der Waals surface area contributed by atoms with Crippen LogP contribution in [0.5, 0.6) is 0 Å². The van der Waals surface area contributed by atoms with Gasteiger partial charge in [0, 0.05) is 51.8 Å². The summed E-state index contributed by atoms with van der Waals surface area (Å²) in [7, 11) is -0.278. The van der Waals surface area contributed by atoms with Crippen LogP contribution >= 0.6 is 11.6 Å². The zero-order chi connectivity index (χ0) is 16.3. The van der Waals surface area contributed by atoms with E-state index in [0.717, 1.165) is 5.56 Å². The highest BCUT2D eigenvalue weighted by Gasteiger charge is 2.29. The zero-order valence-electron chi connectivity index (χ0n) is 12.8. The largest absolute Gasteiger partial charge is 0.387 e. The first-order valence-corrected chi connectivity index (χ1v) is 8.91. The molecule has 1 aromatic rings. The number of piperazine rings is 1. The number of rotatable bonds is 5. The van der Waals surface area contributed by atoms with Gasteiger partial charge in [-0.05, 0) is 17.7 Å². The molecule has 1 N–H and O–H groups in total. The molecule has 1 aliphatic rings. The van der Waals surface area contributed by atoms with Crippen molar-refractivity contribution in [1.82, 2.24) is 13.5 Å².